The van der Waals surface area contributed by atoms with Crippen LogP contribution in [0.1, 0.15) is 21.6 Å². The SMILES string of the molecule is O=C(c1cnc(-c2cccnc2)nc1)N1CCc2nc[nH]c(=O)c2CC1. The lowest BCUT2D eigenvalue weighted by atomic mass is 10.1. The first-order chi connectivity index (χ1) is 12.7. The van der Waals surface area contributed by atoms with Crippen molar-refractivity contribution in [3.8, 4) is 11.4 Å². The van der Waals surface area contributed by atoms with Crippen LogP contribution in [0.25, 0.3) is 11.4 Å². The van der Waals surface area contributed by atoms with Gasteiger partial charge in [-0.05, 0) is 18.6 Å². The molecule has 1 aliphatic heterocycles. The number of pyridine rings is 1. The topological polar surface area (TPSA) is 105 Å². The summed E-state index contributed by atoms with van der Waals surface area (Å²) in [7, 11) is 0. The summed E-state index contributed by atoms with van der Waals surface area (Å²) in [6.07, 6.45) is 8.86. The Morgan fingerprint density at radius 3 is 2.65 bits per heavy atom. The Kier molecular flexibility index (Phi) is 4.22. The van der Waals surface area contributed by atoms with Crippen LogP contribution in [0.3, 0.4) is 0 Å². The second kappa shape index (κ2) is 6.83. The monoisotopic (exact) mass is 348 g/mol. The van der Waals surface area contributed by atoms with Crippen molar-refractivity contribution in [2.24, 2.45) is 0 Å². The van der Waals surface area contributed by atoms with Crippen molar-refractivity contribution < 1.29 is 4.79 Å². The van der Waals surface area contributed by atoms with Crippen molar-refractivity contribution in [2.75, 3.05) is 13.1 Å². The number of rotatable bonds is 2. The molecule has 0 spiro atoms. The standard InChI is InChI=1S/C18H16N6O2/c25-17-14-3-6-24(7-4-15(14)22-11-23-17)18(26)13-9-20-16(21-10-13)12-2-1-5-19-8-12/h1-2,5,8-11H,3-4,6-7H2,(H,22,23,25). The molecule has 0 aliphatic carbocycles. The Bertz CT molecular complexity index is 985. The number of carbonyl (C=O) groups excluding carboxylic acids is 1. The summed E-state index contributed by atoms with van der Waals surface area (Å²) in [4.78, 5) is 45.8. The van der Waals surface area contributed by atoms with Gasteiger partial charge in [0.2, 0.25) is 0 Å². The van der Waals surface area contributed by atoms with Crippen molar-refractivity contribution in [1.29, 1.82) is 0 Å². The molecule has 4 heterocycles. The quantitative estimate of drug-likeness (QED) is 0.736. The first-order valence-corrected chi connectivity index (χ1v) is 8.29. The Hall–Kier alpha value is -3.42. The highest BCUT2D eigenvalue weighted by molar-refractivity contribution is 5.93. The summed E-state index contributed by atoms with van der Waals surface area (Å²) in [5.74, 6) is 0.376. The molecular formula is C18H16N6O2. The van der Waals surface area contributed by atoms with Gasteiger partial charge in [0.15, 0.2) is 5.82 Å². The van der Waals surface area contributed by atoms with Gasteiger partial charge in [-0.3, -0.25) is 14.6 Å². The molecule has 0 saturated heterocycles. The van der Waals surface area contributed by atoms with Gasteiger partial charge < -0.3 is 9.88 Å². The number of hydrogen-bond acceptors (Lipinski definition) is 6. The molecule has 130 valence electrons. The Labute approximate surface area is 149 Å². The summed E-state index contributed by atoms with van der Waals surface area (Å²) in [6.45, 7) is 0.970. The van der Waals surface area contributed by atoms with E-state index in [1.807, 2.05) is 12.1 Å². The van der Waals surface area contributed by atoms with Crippen LogP contribution in [-0.4, -0.2) is 48.8 Å². The first kappa shape index (κ1) is 16.1. The molecule has 0 unspecified atom stereocenters. The largest absolute Gasteiger partial charge is 0.338 e. The van der Waals surface area contributed by atoms with E-state index >= 15 is 0 Å². The molecule has 1 aliphatic rings. The molecule has 4 rings (SSSR count). The molecule has 0 saturated carbocycles. The maximum absolute atomic E-state index is 12.8. The van der Waals surface area contributed by atoms with Gasteiger partial charge in [-0.15, -0.1) is 0 Å². The number of carbonyl (C=O) groups is 1. The van der Waals surface area contributed by atoms with Crippen LogP contribution in [0.5, 0.6) is 0 Å². The average molecular weight is 348 g/mol. The lowest BCUT2D eigenvalue weighted by molar-refractivity contribution is 0.0762. The third kappa shape index (κ3) is 3.08. The highest BCUT2D eigenvalue weighted by Crippen LogP contribution is 2.15. The molecule has 8 nitrogen and oxygen atoms in total. The van der Waals surface area contributed by atoms with Gasteiger partial charge in [0.1, 0.15) is 0 Å². The molecular weight excluding hydrogens is 332 g/mol. The number of aromatic amines is 1. The van der Waals surface area contributed by atoms with Crippen LogP contribution in [0, 0.1) is 0 Å². The van der Waals surface area contributed by atoms with E-state index < -0.39 is 0 Å². The number of H-pyrrole nitrogens is 1. The molecule has 0 atom stereocenters. The normalized spacial score (nSPS) is 13.8. The lowest BCUT2D eigenvalue weighted by Crippen LogP contribution is -2.33. The molecule has 0 bridgehead atoms. The fourth-order valence-electron chi connectivity index (χ4n) is 3.01. The summed E-state index contributed by atoms with van der Waals surface area (Å²) in [5.41, 5.74) is 2.50. The summed E-state index contributed by atoms with van der Waals surface area (Å²) in [6, 6.07) is 3.67. The number of hydrogen-bond donors (Lipinski definition) is 1. The molecule has 0 radical (unpaired) electrons. The highest BCUT2D eigenvalue weighted by atomic mass is 16.2. The molecule has 3 aromatic heterocycles. The van der Waals surface area contributed by atoms with Gasteiger partial charge in [0.25, 0.3) is 11.5 Å². The Morgan fingerprint density at radius 1 is 1.08 bits per heavy atom. The van der Waals surface area contributed by atoms with Crippen molar-refractivity contribution in [2.45, 2.75) is 12.8 Å². The second-order valence-electron chi connectivity index (χ2n) is 5.99. The van der Waals surface area contributed by atoms with E-state index in [1.165, 1.54) is 18.7 Å². The molecule has 0 fully saturated rings. The van der Waals surface area contributed by atoms with Gasteiger partial charge in [0.05, 0.1) is 17.6 Å². The average Bonchev–Trinajstić information content (AvgIpc) is 2.92. The van der Waals surface area contributed by atoms with Gasteiger partial charge >= 0.3 is 0 Å². The number of nitrogens with one attached hydrogen (secondary N) is 1. The van der Waals surface area contributed by atoms with Crippen LogP contribution < -0.4 is 5.56 Å². The molecule has 1 N–H and O–H groups in total. The van der Waals surface area contributed by atoms with Gasteiger partial charge in [-0.1, -0.05) is 0 Å². The van der Waals surface area contributed by atoms with Crippen molar-refractivity contribution in [3.05, 3.63) is 70.4 Å². The molecule has 0 aromatic carbocycles. The number of fused-ring (bicyclic) bond motifs is 1. The lowest BCUT2D eigenvalue weighted by Gasteiger charge is -2.19. The summed E-state index contributed by atoms with van der Waals surface area (Å²) >= 11 is 0. The minimum atomic E-state index is -0.146. The predicted molar refractivity (Wildman–Crippen MR) is 93.4 cm³/mol. The number of aromatic nitrogens is 5. The summed E-state index contributed by atoms with van der Waals surface area (Å²) in [5, 5.41) is 0. The van der Waals surface area contributed by atoms with E-state index in [1.54, 1.807) is 17.3 Å². The maximum Gasteiger partial charge on any atom is 0.257 e. The van der Waals surface area contributed by atoms with E-state index in [2.05, 4.69) is 24.9 Å². The van der Waals surface area contributed by atoms with Crippen molar-refractivity contribution in [3.63, 3.8) is 0 Å². The third-order valence-corrected chi connectivity index (χ3v) is 4.39. The minimum absolute atomic E-state index is 0.131. The predicted octanol–water partition coefficient (Wildman–Crippen LogP) is 0.863. The third-order valence-electron chi connectivity index (χ3n) is 4.39. The van der Waals surface area contributed by atoms with Crippen LogP contribution in [0.15, 0.2) is 48.0 Å². The molecule has 8 heteroatoms. The van der Waals surface area contributed by atoms with Gasteiger partial charge in [-0.2, -0.15) is 0 Å². The second-order valence-corrected chi connectivity index (χ2v) is 5.99. The molecule has 3 aromatic rings. The van der Waals surface area contributed by atoms with Crippen LogP contribution >= 0.6 is 0 Å². The van der Waals surface area contributed by atoms with E-state index in [0.29, 0.717) is 42.9 Å². The fourth-order valence-corrected chi connectivity index (χ4v) is 3.01. The molecule has 26 heavy (non-hydrogen) atoms. The van der Waals surface area contributed by atoms with E-state index in [4.69, 9.17) is 0 Å². The smallest absolute Gasteiger partial charge is 0.257 e. The van der Waals surface area contributed by atoms with Crippen molar-refractivity contribution >= 4 is 5.91 Å². The van der Waals surface area contributed by atoms with E-state index in [9.17, 15) is 9.59 Å². The van der Waals surface area contributed by atoms with Crippen LogP contribution in [0.2, 0.25) is 0 Å². The Morgan fingerprint density at radius 2 is 1.88 bits per heavy atom. The van der Waals surface area contributed by atoms with E-state index in [0.717, 1.165) is 11.3 Å². The summed E-state index contributed by atoms with van der Waals surface area (Å²) < 4.78 is 0. The van der Waals surface area contributed by atoms with Crippen LogP contribution in [0.4, 0.5) is 0 Å². The molecule has 1 amide bonds. The van der Waals surface area contributed by atoms with E-state index in [-0.39, 0.29) is 11.5 Å². The Balaban J connectivity index is 1.52. The fraction of sp³-hybridized carbons (Fsp3) is 0.222. The van der Waals surface area contributed by atoms with Gasteiger partial charge in [0, 0.05) is 55.4 Å². The van der Waals surface area contributed by atoms with Crippen molar-refractivity contribution in [1.82, 2.24) is 29.8 Å². The zero-order chi connectivity index (χ0) is 17.9. The van der Waals surface area contributed by atoms with Crippen LogP contribution in [-0.2, 0) is 12.8 Å². The zero-order valence-electron chi connectivity index (χ0n) is 13.9. The van der Waals surface area contributed by atoms with Gasteiger partial charge in [-0.25, -0.2) is 15.0 Å². The minimum Gasteiger partial charge on any atom is -0.338 e. The maximum atomic E-state index is 12.8. The zero-order valence-corrected chi connectivity index (χ0v) is 13.9. The first-order valence-electron chi connectivity index (χ1n) is 8.29. The highest BCUT2D eigenvalue weighted by Gasteiger charge is 2.22. The number of amides is 1. The number of nitrogens with zero attached hydrogens (tertiary/aromatic N) is 5.